The minimum atomic E-state index is 0.0346. The highest BCUT2D eigenvalue weighted by Gasteiger charge is 2.39. The molecule has 1 aromatic carbocycles. The highest BCUT2D eigenvalue weighted by atomic mass is 16.2. The predicted octanol–water partition coefficient (Wildman–Crippen LogP) is 2.72. The first-order valence-corrected chi connectivity index (χ1v) is 9.46. The molecule has 1 aromatic rings. The lowest BCUT2D eigenvalue weighted by Crippen LogP contribution is -2.52. The number of hydrogen-bond donors (Lipinski definition) is 2. The number of nitrogens with zero attached hydrogens (tertiary/aromatic N) is 2. The number of carbonyl (C=O) groups is 1. The van der Waals surface area contributed by atoms with E-state index in [1.54, 1.807) is 0 Å². The summed E-state index contributed by atoms with van der Waals surface area (Å²) in [7, 11) is 2.19. The molecule has 5 heteroatoms. The molecular weight excluding hydrogens is 312 g/mol. The predicted molar refractivity (Wildman–Crippen MR) is 102 cm³/mol. The van der Waals surface area contributed by atoms with Gasteiger partial charge in [-0.25, -0.2) is 4.79 Å². The molecule has 2 amide bonds. The summed E-state index contributed by atoms with van der Waals surface area (Å²) in [6.07, 6.45) is 3.46. The van der Waals surface area contributed by atoms with Crippen LogP contribution in [0.2, 0.25) is 0 Å². The summed E-state index contributed by atoms with van der Waals surface area (Å²) >= 11 is 0. The third kappa shape index (κ3) is 2.71. The summed E-state index contributed by atoms with van der Waals surface area (Å²) < 4.78 is 0. The Morgan fingerprint density at radius 3 is 2.92 bits per heavy atom. The van der Waals surface area contributed by atoms with Crippen LogP contribution in [-0.4, -0.2) is 61.1 Å². The Labute approximate surface area is 150 Å². The van der Waals surface area contributed by atoms with Crippen LogP contribution in [0.1, 0.15) is 37.3 Å². The van der Waals surface area contributed by atoms with Gasteiger partial charge in [0.1, 0.15) is 0 Å². The molecule has 0 unspecified atom stereocenters. The zero-order chi connectivity index (χ0) is 17.6. The van der Waals surface area contributed by atoms with Crippen LogP contribution in [-0.2, 0) is 0 Å². The molecule has 134 valence electrons. The van der Waals surface area contributed by atoms with Gasteiger partial charge in [-0.3, -0.25) is 4.90 Å². The molecule has 0 aromatic heterocycles. The maximum absolute atomic E-state index is 12.5. The van der Waals surface area contributed by atoms with Crippen molar-refractivity contribution in [3.05, 3.63) is 35.4 Å². The van der Waals surface area contributed by atoms with Gasteiger partial charge in [-0.2, -0.15) is 0 Å². The summed E-state index contributed by atoms with van der Waals surface area (Å²) in [5.74, 6) is 0.609. The van der Waals surface area contributed by atoms with Gasteiger partial charge in [0.15, 0.2) is 0 Å². The lowest BCUT2D eigenvalue weighted by Gasteiger charge is -2.42. The SMILES string of the molecule is CCN(CC)C(=O)N[C@H]1C=C2c3cccc4c3[C@@H](CN4)C[C@H]2N(C)C1. The topological polar surface area (TPSA) is 47.6 Å². The number of hydrogen-bond acceptors (Lipinski definition) is 3. The van der Waals surface area contributed by atoms with E-state index in [1.807, 2.05) is 18.7 Å². The van der Waals surface area contributed by atoms with E-state index >= 15 is 0 Å². The third-order valence-electron chi connectivity index (χ3n) is 5.99. The summed E-state index contributed by atoms with van der Waals surface area (Å²) in [5.41, 5.74) is 5.53. The number of likely N-dealkylation sites (N-methyl/N-ethyl adjacent to an activating group) is 1. The molecule has 0 fully saturated rings. The molecule has 4 rings (SSSR count). The average Bonchev–Trinajstić information content (AvgIpc) is 3.02. The fourth-order valence-corrected chi connectivity index (χ4v) is 4.70. The fourth-order valence-electron chi connectivity index (χ4n) is 4.70. The van der Waals surface area contributed by atoms with Crippen molar-refractivity contribution >= 4 is 17.3 Å². The van der Waals surface area contributed by atoms with Gasteiger partial charge >= 0.3 is 6.03 Å². The van der Waals surface area contributed by atoms with Crippen molar-refractivity contribution in [1.82, 2.24) is 15.1 Å². The van der Waals surface area contributed by atoms with Crippen LogP contribution in [0, 0.1) is 0 Å². The quantitative estimate of drug-likeness (QED) is 0.889. The number of amides is 2. The first-order chi connectivity index (χ1) is 12.1. The van der Waals surface area contributed by atoms with E-state index in [4.69, 9.17) is 0 Å². The summed E-state index contributed by atoms with van der Waals surface area (Å²) in [5, 5.41) is 6.77. The molecule has 2 N–H and O–H groups in total. The summed E-state index contributed by atoms with van der Waals surface area (Å²) in [4.78, 5) is 16.7. The summed E-state index contributed by atoms with van der Waals surface area (Å²) in [6, 6.07) is 7.13. The molecule has 3 aliphatic rings. The van der Waals surface area contributed by atoms with Crippen molar-refractivity contribution in [2.75, 3.05) is 38.5 Å². The zero-order valence-electron chi connectivity index (χ0n) is 15.4. The Balaban J connectivity index is 1.65. The first-order valence-electron chi connectivity index (χ1n) is 9.46. The summed E-state index contributed by atoms with van der Waals surface area (Å²) in [6.45, 7) is 7.44. The Kier molecular flexibility index (Phi) is 4.20. The van der Waals surface area contributed by atoms with E-state index in [-0.39, 0.29) is 12.1 Å². The molecule has 0 saturated carbocycles. The second-order valence-electron chi connectivity index (χ2n) is 7.39. The Hall–Kier alpha value is -2.01. The van der Waals surface area contributed by atoms with Crippen LogP contribution >= 0.6 is 0 Å². The number of carbonyl (C=O) groups excluding carboxylic acids is 1. The van der Waals surface area contributed by atoms with Gasteiger partial charge in [0.25, 0.3) is 0 Å². The van der Waals surface area contributed by atoms with Crippen molar-refractivity contribution < 1.29 is 4.79 Å². The number of urea groups is 1. The Morgan fingerprint density at radius 2 is 2.16 bits per heavy atom. The number of nitrogens with one attached hydrogen (secondary N) is 2. The lowest BCUT2D eigenvalue weighted by molar-refractivity contribution is 0.191. The van der Waals surface area contributed by atoms with Crippen LogP contribution in [0.5, 0.6) is 0 Å². The van der Waals surface area contributed by atoms with Gasteiger partial charge in [0.05, 0.1) is 6.04 Å². The van der Waals surface area contributed by atoms with Gasteiger partial charge in [-0.05, 0) is 50.1 Å². The fraction of sp³-hybridized carbons (Fsp3) is 0.550. The Morgan fingerprint density at radius 1 is 1.36 bits per heavy atom. The molecule has 25 heavy (non-hydrogen) atoms. The van der Waals surface area contributed by atoms with Gasteiger partial charge in [-0.15, -0.1) is 0 Å². The highest BCUT2D eigenvalue weighted by Crippen LogP contribution is 2.47. The molecular formula is C20H28N4O. The van der Waals surface area contributed by atoms with Gasteiger partial charge in [-0.1, -0.05) is 18.2 Å². The number of benzene rings is 1. The second kappa shape index (κ2) is 6.37. The molecule has 0 radical (unpaired) electrons. The van der Waals surface area contributed by atoms with E-state index in [9.17, 15) is 4.79 Å². The van der Waals surface area contributed by atoms with Gasteiger partial charge < -0.3 is 15.5 Å². The van der Waals surface area contributed by atoms with Crippen molar-refractivity contribution in [2.45, 2.75) is 38.3 Å². The smallest absolute Gasteiger partial charge is 0.317 e. The lowest BCUT2D eigenvalue weighted by atomic mass is 9.75. The number of anilines is 1. The van der Waals surface area contributed by atoms with E-state index in [0.29, 0.717) is 12.0 Å². The van der Waals surface area contributed by atoms with Crippen LogP contribution in [0.3, 0.4) is 0 Å². The minimum absolute atomic E-state index is 0.0346. The first kappa shape index (κ1) is 16.5. The second-order valence-corrected chi connectivity index (χ2v) is 7.39. The van der Waals surface area contributed by atoms with Crippen LogP contribution in [0.15, 0.2) is 24.3 Å². The van der Waals surface area contributed by atoms with E-state index in [2.05, 4.69) is 46.9 Å². The largest absolute Gasteiger partial charge is 0.384 e. The molecule has 2 heterocycles. The molecule has 0 saturated heterocycles. The van der Waals surface area contributed by atoms with E-state index < -0.39 is 0 Å². The standard InChI is InChI=1S/C20H28N4O/c1-4-24(5-2)20(25)22-14-10-16-15-7-6-8-17-19(15)13(11-21-17)9-18(16)23(3)12-14/h6-8,10,13-14,18,21H,4-5,9,11-12H2,1-3H3,(H,22,25)/t13-,14+,18-/m1/s1. The Bertz CT molecular complexity index is 710. The van der Waals surface area contributed by atoms with Gasteiger partial charge in [0.2, 0.25) is 0 Å². The molecule has 5 nitrogen and oxygen atoms in total. The highest BCUT2D eigenvalue weighted by molar-refractivity contribution is 5.82. The molecule has 1 aliphatic carbocycles. The van der Waals surface area contributed by atoms with Crippen LogP contribution < -0.4 is 10.6 Å². The monoisotopic (exact) mass is 340 g/mol. The van der Waals surface area contributed by atoms with E-state index in [0.717, 1.165) is 32.6 Å². The molecule has 2 aliphatic heterocycles. The van der Waals surface area contributed by atoms with Crippen molar-refractivity contribution in [1.29, 1.82) is 0 Å². The number of rotatable bonds is 3. The van der Waals surface area contributed by atoms with Crippen molar-refractivity contribution in [2.24, 2.45) is 0 Å². The maximum Gasteiger partial charge on any atom is 0.317 e. The van der Waals surface area contributed by atoms with Crippen molar-refractivity contribution in [3.8, 4) is 0 Å². The zero-order valence-corrected chi connectivity index (χ0v) is 15.4. The molecule has 3 atom stereocenters. The normalized spacial score (nSPS) is 27.0. The van der Waals surface area contributed by atoms with Crippen molar-refractivity contribution in [3.63, 3.8) is 0 Å². The number of fused-ring (bicyclic) bond motifs is 2. The maximum atomic E-state index is 12.5. The molecule has 0 bridgehead atoms. The van der Waals surface area contributed by atoms with Gasteiger partial charge in [0, 0.05) is 43.8 Å². The third-order valence-corrected chi connectivity index (χ3v) is 5.99. The van der Waals surface area contributed by atoms with E-state index in [1.165, 1.54) is 22.4 Å². The molecule has 0 spiro atoms. The van der Waals surface area contributed by atoms with Crippen LogP contribution in [0.4, 0.5) is 10.5 Å². The minimum Gasteiger partial charge on any atom is -0.384 e. The van der Waals surface area contributed by atoms with Crippen LogP contribution in [0.25, 0.3) is 5.57 Å². The average molecular weight is 340 g/mol.